The van der Waals surface area contributed by atoms with Crippen LogP contribution in [0.15, 0.2) is 39.4 Å². The van der Waals surface area contributed by atoms with Gasteiger partial charge in [0.05, 0.1) is 24.3 Å². The Labute approximate surface area is 112 Å². The summed E-state index contributed by atoms with van der Waals surface area (Å²) in [6.07, 6.45) is 1.71. The fourth-order valence-corrected chi connectivity index (χ4v) is 2.37. The molecule has 0 aliphatic carbocycles. The molecular formula is C14H19NO2S. The lowest BCUT2D eigenvalue weighted by molar-refractivity contribution is 0.445. The number of furan rings is 2. The first kappa shape index (κ1) is 13.3. The number of thioether (sulfide) groups is 1. The van der Waals surface area contributed by atoms with Crippen LogP contribution < -0.4 is 5.32 Å². The lowest BCUT2D eigenvalue weighted by Crippen LogP contribution is -2.21. The topological polar surface area (TPSA) is 38.3 Å². The molecule has 1 N–H and O–H groups in total. The lowest BCUT2D eigenvalue weighted by Gasteiger charge is -2.04. The third-order valence-electron chi connectivity index (χ3n) is 2.47. The highest BCUT2D eigenvalue weighted by Crippen LogP contribution is 2.19. The molecule has 0 aromatic carbocycles. The Morgan fingerprint density at radius 2 is 1.89 bits per heavy atom. The van der Waals surface area contributed by atoms with E-state index in [2.05, 4.69) is 19.2 Å². The highest BCUT2D eigenvalue weighted by Gasteiger charge is 2.04. The molecule has 0 saturated heterocycles. The van der Waals surface area contributed by atoms with Gasteiger partial charge in [-0.3, -0.25) is 0 Å². The predicted molar refractivity (Wildman–Crippen MR) is 74.4 cm³/mol. The Morgan fingerprint density at radius 3 is 2.61 bits per heavy atom. The summed E-state index contributed by atoms with van der Waals surface area (Å²) >= 11 is 1.79. The van der Waals surface area contributed by atoms with Crippen molar-refractivity contribution in [3.05, 3.63) is 47.8 Å². The first-order valence-electron chi connectivity index (χ1n) is 6.15. The van der Waals surface area contributed by atoms with Crippen molar-refractivity contribution in [3.8, 4) is 0 Å². The van der Waals surface area contributed by atoms with Gasteiger partial charge in [0.1, 0.15) is 17.3 Å². The second-order valence-electron chi connectivity index (χ2n) is 4.48. The molecule has 2 aromatic heterocycles. The summed E-state index contributed by atoms with van der Waals surface area (Å²) in [6, 6.07) is 8.47. The molecule has 0 radical (unpaired) electrons. The van der Waals surface area contributed by atoms with Gasteiger partial charge in [-0.15, -0.1) is 11.8 Å². The van der Waals surface area contributed by atoms with Crippen molar-refractivity contribution in [1.82, 2.24) is 5.32 Å². The summed E-state index contributed by atoms with van der Waals surface area (Å²) in [7, 11) is 0. The Balaban J connectivity index is 1.73. The van der Waals surface area contributed by atoms with Crippen molar-refractivity contribution < 1.29 is 8.83 Å². The zero-order valence-corrected chi connectivity index (χ0v) is 11.6. The molecule has 0 atom stereocenters. The van der Waals surface area contributed by atoms with Crippen LogP contribution >= 0.6 is 11.8 Å². The fourth-order valence-electron chi connectivity index (χ4n) is 1.55. The maximum Gasteiger partial charge on any atom is 0.118 e. The number of rotatable bonds is 7. The monoisotopic (exact) mass is 265 g/mol. The largest absolute Gasteiger partial charge is 0.468 e. The predicted octanol–water partition coefficient (Wildman–Crippen LogP) is 3.80. The van der Waals surface area contributed by atoms with E-state index in [0.29, 0.717) is 6.04 Å². The number of hydrogen-bond donors (Lipinski definition) is 1. The summed E-state index contributed by atoms with van der Waals surface area (Å²) in [6.45, 7) is 5.05. The van der Waals surface area contributed by atoms with E-state index in [1.807, 2.05) is 24.3 Å². The first-order chi connectivity index (χ1) is 8.74. The molecule has 0 aliphatic rings. The van der Waals surface area contributed by atoms with Crippen LogP contribution in [0.5, 0.6) is 0 Å². The first-order valence-corrected chi connectivity index (χ1v) is 7.30. The van der Waals surface area contributed by atoms with Crippen molar-refractivity contribution in [2.75, 3.05) is 0 Å². The highest BCUT2D eigenvalue weighted by molar-refractivity contribution is 7.97. The van der Waals surface area contributed by atoms with Crippen molar-refractivity contribution in [1.29, 1.82) is 0 Å². The molecule has 0 unspecified atom stereocenters. The summed E-state index contributed by atoms with van der Waals surface area (Å²) < 4.78 is 11.0. The molecule has 0 bridgehead atoms. The highest BCUT2D eigenvalue weighted by atomic mass is 32.2. The number of nitrogens with one attached hydrogen (secondary N) is 1. The van der Waals surface area contributed by atoms with Crippen LogP contribution in [0.4, 0.5) is 0 Å². The molecule has 18 heavy (non-hydrogen) atoms. The third-order valence-corrected chi connectivity index (χ3v) is 3.45. The lowest BCUT2D eigenvalue weighted by atomic mass is 10.3. The summed E-state index contributed by atoms with van der Waals surface area (Å²) in [5, 5.41) is 3.34. The smallest absolute Gasteiger partial charge is 0.118 e. The van der Waals surface area contributed by atoms with E-state index in [1.54, 1.807) is 18.0 Å². The van der Waals surface area contributed by atoms with Crippen LogP contribution in [0.2, 0.25) is 0 Å². The Kier molecular flexibility index (Phi) is 4.96. The Morgan fingerprint density at radius 1 is 1.11 bits per heavy atom. The van der Waals surface area contributed by atoms with Crippen LogP contribution in [0.25, 0.3) is 0 Å². The van der Waals surface area contributed by atoms with Crippen molar-refractivity contribution in [2.24, 2.45) is 0 Å². The van der Waals surface area contributed by atoms with Crippen LogP contribution in [0.1, 0.15) is 31.1 Å². The van der Waals surface area contributed by atoms with Gasteiger partial charge in [-0.1, -0.05) is 13.8 Å². The Bertz CT molecular complexity index is 448. The van der Waals surface area contributed by atoms with Gasteiger partial charge in [-0.25, -0.2) is 0 Å². The van der Waals surface area contributed by atoms with E-state index in [-0.39, 0.29) is 0 Å². The normalized spacial score (nSPS) is 11.3. The van der Waals surface area contributed by atoms with E-state index < -0.39 is 0 Å². The molecule has 0 aliphatic heterocycles. The molecular weight excluding hydrogens is 246 g/mol. The molecule has 4 heteroatoms. The average molecular weight is 265 g/mol. The van der Waals surface area contributed by atoms with Crippen molar-refractivity contribution in [2.45, 2.75) is 37.9 Å². The fraction of sp³-hybridized carbons (Fsp3) is 0.429. The van der Waals surface area contributed by atoms with E-state index in [0.717, 1.165) is 35.3 Å². The van der Waals surface area contributed by atoms with Crippen LogP contribution in [-0.2, 0) is 18.1 Å². The van der Waals surface area contributed by atoms with Crippen molar-refractivity contribution >= 4 is 11.8 Å². The summed E-state index contributed by atoms with van der Waals surface area (Å²) in [5.41, 5.74) is 0. The van der Waals surface area contributed by atoms with E-state index >= 15 is 0 Å². The second kappa shape index (κ2) is 6.71. The van der Waals surface area contributed by atoms with Crippen molar-refractivity contribution in [3.63, 3.8) is 0 Å². The maximum absolute atomic E-state index is 5.74. The van der Waals surface area contributed by atoms with E-state index in [9.17, 15) is 0 Å². The zero-order chi connectivity index (χ0) is 12.8. The molecule has 0 saturated carbocycles. The molecule has 98 valence electrons. The van der Waals surface area contributed by atoms with Gasteiger partial charge in [-0.05, 0) is 24.3 Å². The van der Waals surface area contributed by atoms with Crippen LogP contribution in [0, 0.1) is 0 Å². The van der Waals surface area contributed by atoms with Gasteiger partial charge in [0.15, 0.2) is 0 Å². The van der Waals surface area contributed by atoms with Crippen LogP contribution in [-0.4, -0.2) is 6.04 Å². The standard InChI is InChI=1S/C14H19NO2S/c1-11(2)15-8-12-5-6-14(17-12)10-18-9-13-4-3-7-16-13/h3-7,11,15H,8-10H2,1-2H3. The average Bonchev–Trinajstić information content (AvgIpc) is 2.97. The third kappa shape index (κ3) is 4.27. The summed E-state index contributed by atoms with van der Waals surface area (Å²) in [4.78, 5) is 0. The molecule has 2 rings (SSSR count). The minimum absolute atomic E-state index is 0.479. The van der Waals surface area contributed by atoms with Gasteiger partial charge in [-0.2, -0.15) is 0 Å². The SMILES string of the molecule is CC(C)NCc1ccc(CSCc2ccco2)o1. The van der Waals surface area contributed by atoms with E-state index in [1.165, 1.54) is 0 Å². The summed E-state index contributed by atoms with van der Waals surface area (Å²) in [5.74, 6) is 4.79. The second-order valence-corrected chi connectivity index (χ2v) is 5.46. The van der Waals surface area contributed by atoms with E-state index in [4.69, 9.17) is 8.83 Å². The molecule has 0 amide bonds. The Hall–Kier alpha value is -1.13. The molecule has 0 spiro atoms. The van der Waals surface area contributed by atoms with Gasteiger partial charge in [0.2, 0.25) is 0 Å². The molecule has 3 nitrogen and oxygen atoms in total. The minimum atomic E-state index is 0.479. The zero-order valence-electron chi connectivity index (χ0n) is 10.8. The molecule has 0 fully saturated rings. The van der Waals surface area contributed by atoms with Crippen LogP contribution in [0.3, 0.4) is 0 Å². The van der Waals surface area contributed by atoms with Gasteiger partial charge in [0, 0.05) is 6.04 Å². The number of hydrogen-bond acceptors (Lipinski definition) is 4. The minimum Gasteiger partial charge on any atom is -0.468 e. The quantitative estimate of drug-likeness (QED) is 0.826. The molecule has 2 heterocycles. The van der Waals surface area contributed by atoms with Gasteiger partial charge >= 0.3 is 0 Å². The molecule has 2 aromatic rings. The van der Waals surface area contributed by atoms with Gasteiger partial charge in [0.25, 0.3) is 0 Å². The maximum atomic E-state index is 5.74. The van der Waals surface area contributed by atoms with Gasteiger partial charge < -0.3 is 14.2 Å².